The molecule has 0 saturated heterocycles. The van der Waals surface area contributed by atoms with Crippen molar-refractivity contribution in [2.75, 3.05) is 12.4 Å². The van der Waals surface area contributed by atoms with Crippen LogP contribution in [-0.4, -0.2) is 17.3 Å². The van der Waals surface area contributed by atoms with Gasteiger partial charge >= 0.3 is 0 Å². The Morgan fingerprint density at radius 1 is 1.00 bits per heavy atom. The fraction of sp³-hybridized carbons (Fsp3) is 0.0833. The largest absolute Gasteiger partial charge is 0.497 e. The van der Waals surface area contributed by atoms with Gasteiger partial charge in [0.15, 0.2) is 0 Å². The molecule has 0 saturated carbocycles. The number of carbonyl (C=O) groups is 1. The molecular weight excluding hydrogens is 418 g/mol. The van der Waals surface area contributed by atoms with Crippen LogP contribution in [0.25, 0.3) is 11.1 Å². The maximum absolute atomic E-state index is 14.4. The molecular formula is C24H18F2N2O2S. The van der Waals surface area contributed by atoms with Crippen molar-refractivity contribution >= 4 is 23.0 Å². The van der Waals surface area contributed by atoms with Crippen LogP contribution in [0.3, 0.4) is 0 Å². The van der Waals surface area contributed by atoms with Gasteiger partial charge in [-0.15, -0.1) is 0 Å². The molecule has 0 aliphatic heterocycles. The number of methoxy groups -OCH3 is 1. The minimum absolute atomic E-state index is 0.153. The molecule has 7 heteroatoms. The summed E-state index contributed by atoms with van der Waals surface area (Å²) >= 11 is 1.08. The van der Waals surface area contributed by atoms with Crippen molar-refractivity contribution in [3.8, 4) is 16.9 Å². The van der Waals surface area contributed by atoms with Crippen LogP contribution >= 0.6 is 11.5 Å². The lowest BCUT2D eigenvalue weighted by molar-refractivity contribution is 0.0966. The molecule has 3 aromatic carbocycles. The van der Waals surface area contributed by atoms with Gasteiger partial charge in [0.25, 0.3) is 0 Å². The van der Waals surface area contributed by atoms with Gasteiger partial charge in [0, 0.05) is 28.3 Å². The average Bonchev–Trinajstić information content (AvgIpc) is 3.28. The van der Waals surface area contributed by atoms with E-state index in [-0.39, 0.29) is 11.5 Å². The zero-order valence-corrected chi connectivity index (χ0v) is 17.3. The van der Waals surface area contributed by atoms with E-state index in [1.165, 1.54) is 18.2 Å². The first-order valence-corrected chi connectivity index (χ1v) is 10.3. The monoisotopic (exact) mass is 436 g/mol. The van der Waals surface area contributed by atoms with Crippen molar-refractivity contribution in [2.45, 2.75) is 6.04 Å². The van der Waals surface area contributed by atoms with Crippen LogP contribution in [0.15, 0.2) is 78.2 Å². The highest BCUT2D eigenvalue weighted by atomic mass is 32.1. The van der Waals surface area contributed by atoms with Crippen molar-refractivity contribution in [1.29, 1.82) is 0 Å². The summed E-state index contributed by atoms with van der Waals surface area (Å²) in [6.45, 7) is 0. The third-order valence-corrected chi connectivity index (χ3v) is 5.44. The normalized spacial score (nSPS) is 11.7. The third-order valence-electron chi connectivity index (χ3n) is 4.81. The summed E-state index contributed by atoms with van der Waals surface area (Å²) in [6, 6.07) is 18.2. The number of anilines is 1. The number of nitrogens with one attached hydrogen (secondary N) is 1. The predicted molar refractivity (Wildman–Crippen MR) is 118 cm³/mol. The van der Waals surface area contributed by atoms with Crippen LogP contribution in [0.4, 0.5) is 14.5 Å². The summed E-state index contributed by atoms with van der Waals surface area (Å²) in [5, 5.41) is 4.84. The zero-order chi connectivity index (χ0) is 21.8. The molecule has 0 bridgehead atoms. The van der Waals surface area contributed by atoms with Crippen molar-refractivity contribution in [3.05, 3.63) is 101 Å². The molecule has 1 heterocycles. The summed E-state index contributed by atoms with van der Waals surface area (Å²) in [7, 11) is 1.55. The van der Waals surface area contributed by atoms with Gasteiger partial charge in [-0.05, 0) is 47.4 Å². The molecule has 0 radical (unpaired) electrons. The molecule has 0 spiro atoms. The molecule has 4 aromatic rings. The maximum Gasteiger partial charge on any atom is 0.209 e. The number of Topliss-reactive ketones (excluding diaryl/α,β-unsaturated/α-hetero) is 1. The van der Waals surface area contributed by atoms with Crippen LogP contribution in [0.5, 0.6) is 5.75 Å². The van der Waals surface area contributed by atoms with Crippen LogP contribution in [0, 0.1) is 11.6 Å². The minimum Gasteiger partial charge on any atom is -0.497 e. The second-order valence-corrected chi connectivity index (χ2v) is 7.41. The molecule has 1 N–H and O–H groups in total. The number of nitrogens with zero attached hydrogens (tertiary/aromatic N) is 1. The first kappa shape index (κ1) is 20.7. The van der Waals surface area contributed by atoms with E-state index in [9.17, 15) is 13.6 Å². The van der Waals surface area contributed by atoms with Gasteiger partial charge in [-0.25, -0.2) is 8.78 Å². The van der Waals surface area contributed by atoms with E-state index >= 15 is 0 Å². The fourth-order valence-electron chi connectivity index (χ4n) is 3.26. The van der Waals surface area contributed by atoms with E-state index in [1.807, 2.05) is 0 Å². The van der Waals surface area contributed by atoms with Crippen molar-refractivity contribution in [3.63, 3.8) is 0 Å². The second-order valence-electron chi connectivity index (χ2n) is 6.78. The zero-order valence-electron chi connectivity index (χ0n) is 16.5. The number of benzene rings is 3. The first-order valence-electron chi connectivity index (χ1n) is 9.46. The Labute approximate surface area is 182 Å². The topological polar surface area (TPSA) is 51.2 Å². The molecule has 0 amide bonds. The van der Waals surface area contributed by atoms with E-state index in [1.54, 1.807) is 67.1 Å². The number of carbonyl (C=O) groups excluding carboxylic acids is 1. The quantitative estimate of drug-likeness (QED) is 0.354. The van der Waals surface area contributed by atoms with Crippen molar-refractivity contribution in [1.82, 2.24) is 4.37 Å². The summed E-state index contributed by atoms with van der Waals surface area (Å²) < 4.78 is 37.4. The molecule has 1 aromatic heterocycles. The highest BCUT2D eigenvalue weighted by Gasteiger charge is 2.27. The van der Waals surface area contributed by atoms with E-state index in [4.69, 9.17) is 4.74 Å². The number of rotatable bonds is 7. The molecule has 0 aliphatic rings. The lowest BCUT2D eigenvalue weighted by Gasteiger charge is -2.20. The summed E-state index contributed by atoms with van der Waals surface area (Å²) in [4.78, 5) is 13.6. The second kappa shape index (κ2) is 9.06. The number of ketones is 1. The highest BCUT2D eigenvalue weighted by Crippen LogP contribution is 2.32. The number of ether oxygens (including phenoxy) is 1. The molecule has 4 nitrogen and oxygen atoms in total. The van der Waals surface area contributed by atoms with Gasteiger partial charge in [-0.1, -0.05) is 36.4 Å². The van der Waals surface area contributed by atoms with E-state index in [0.29, 0.717) is 28.1 Å². The molecule has 1 atom stereocenters. The SMILES string of the molecule is COc1cccc(NC(C(=O)c2nscc2-c2ccccc2F)c2ccc(F)cc2)c1. The lowest BCUT2D eigenvalue weighted by atomic mass is 9.96. The Morgan fingerprint density at radius 2 is 1.77 bits per heavy atom. The van der Waals surface area contributed by atoms with Crippen molar-refractivity contribution < 1.29 is 18.3 Å². The Bertz CT molecular complexity index is 1210. The van der Waals surface area contributed by atoms with Gasteiger partial charge in [-0.2, -0.15) is 4.37 Å². The number of aromatic nitrogens is 1. The number of hydrogen-bond acceptors (Lipinski definition) is 5. The standard InChI is InChI=1S/C24H18F2N2O2S/c1-30-18-6-4-5-17(13-18)27-22(15-9-11-16(25)12-10-15)24(29)23-20(14-31-28-23)19-7-2-3-8-21(19)26/h2-14,22,27H,1H3. The van der Waals surface area contributed by atoms with Gasteiger partial charge < -0.3 is 10.1 Å². The van der Waals surface area contributed by atoms with Crippen LogP contribution in [0.2, 0.25) is 0 Å². The molecule has 4 rings (SSSR count). The number of hydrogen-bond donors (Lipinski definition) is 1. The van der Waals surface area contributed by atoms with Gasteiger partial charge in [-0.3, -0.25) is 4.79 Å². The highest BCUT2D eigenvalue weighted by molar-refractivity contribution is 7.04. The van der Waals surface area contributed by atoms with Crippen LogP contribution in [0.1, 0.15) is 22.1 Å². The van der Waals surface area contributed by atoms with E-state index < -0.39 is 17.7 Å². The van der Waals surface area contributed by atoms with Crippen LogP contribution < -0.4 is 10.1 Å². The molecule has 156 valence electrons. The Balaban J connectivity index is 1.75. The molecule has 1 unspecified atom stereocenters. The van der Waals surface area contributed by atoms with Crippen molar-refractivity contribution in [2.24, 2.45) is 0 Å². The maximum atomic E-state index is 14.4. The first-order chi connectivity index (χ1) is 15.1. The summed E-state index contributed by atoms with van der Waals surface area (Å²) in [5.41, 5.74) is 2.08. The fourth-order valence-corrected chi connectivity index (χ4v) is 3.95. The lowest BCUT2D eigenvalue weighted by Crippen LogP contribution is -2.22. The average molecular weight is 436 g/mol. The minimum atomic E-state index is -0.861. The van der Waals surface area contributed by atoms with Gasteiger partial charge in [0.1, 0.15) is 29.1 Å². The Kier molecular flexibility index (Phi) is 6.04. The summed E-state index contributed by atoms with van der Waals surface area (Å²) in [5.74, 6) is -0.571. The summed E-state index contributed by atoms with van der Waals surface area (Å²) in [6.07, 6.45) is 0. The van der Waals surface area contributed by atoms with Crippen LogP contribution in [-0.2, 0) is 0 Å². The third kappa shape index (κ3) is 4.46. The van der Waals surface area contributed by atoms with E-state index in [2.05, 4.69) is 9.69 Å². The molecule has 0 aliphatic carbocycles. The smallest absolute Gasteiger partial charge is 0.209 e. The predicted octanol–water partition coefficient (Wildman–Crippen LogP) is 6.13. The molecule has 0 fully saturated rings. The number of halogens is 2. The van der Waals surface area contributed by atoms with Gasteiger partial charge in [0.05, 0.1) is 7.11 Å². The Morgan fingerprint density at radius 3 is 2.52 bits per heavy atom. The molecule has 31 heavy (non-hydrogen) atoms. The van der Waals surface area contributed by atoms with Gasteiger partial charge in [0.2, 0.25) is 5.78 Å². The Hall–Kier alpha value is -3.58. The van der Waals surface area contributed by atoms with E-state index in [0.717, 1.165) is 11.5 Å².